The van der Waals surface area contributed by atoms with Crippen molar-refractivity contribution in [1.82, 2.24) is 9.97 Å². The number of anilines is 2. The minimum Gasteiger partial charge on any atom is -0.322 e. The Balaban J connectivity index is 2.35. The van der Waals surface area contributed by atoms with Gasteiger partial charge in [0.05, 0.1) is 11.3 Å². The summed E-state index contributed by atoms with van der Waals surface area (Å²) in [5.74, 6) is -1.05. The number of hydrogen-bond acceptors (Lipinski definition) is 4. The summed E-state index contributed by atoms with van der Waals surface area (Å²) < 4.78 is 51.1. The molecule has 0 bridgehead atoms. The molecule has 0 saturated heterocycles. The van der Waals surface area contributed by atoms with Gasteiger partial charge in [-0.05, 0) is 24.3 Å². The lowest BCUT2D eigenvalue weighted by atomic mass is 10.2. The highest BCUT2D eigenvalue weighted by Crippen LogP contribution is 2.32. The van der Waals surface area contributed by atoms with E-state index in [1.54, 1.807) is 6.07 Å². The molecular formula is C12H6F4N4. The second-order valence-corrected chi connectivity index (χ2v) is 3.69. The number of nitriles is 1. The van der Waals surface area contributed by atoms with Crippen molar-refractivity contribution in [2.24, 2.45) is 0 Å². The molecule has 0 radical (unpaired) electrons. The lowest BCUT2D eigenvalue weighted by Crippen LogP contribution is -2.07. The highest BCUT2D eigenvalue weighted by Gasteiger charge is 2.31. The van der Waals surface area contributed by atoms with Gasteiger partial charge >= 0.3 is 6.18 Å². The van der Waals surface area contributed by atoms with Gasteiger partial charge in [0.25, 0.3) is 0 Å². The Morgan fingerprint density at radius 1 is 1.20 bits per heavy atom. The molecule has 2 aromatic rings. The molecule has 0 aliphatic carbocycles. The van der Waals surface area contributed by atoms with Gasteiger partial charge in [0.2, 0.25) is 5.95 Å². The third-order valence-electron chi connectivity index (χ3n) is 2.31. The van der Waals surface area contributed by atoms with E-state index in [1.807, 2.05) is 0 Å². The van der Waals surface area contributed by atoms with Crippen LogP contribution in [0.25, 0.3) is 0 Å². The van der Waals surface area contributed by atoms with Crippen LogP contribution in [0, 0.1) is 17.1 Å². The van der Waals surface area contributed by atoms with Crippen LogP contribution in [-0.2, 0) is 6.18 Å². The van der Waals surface area contributed by atoms with Gasteiger partial charge in [-0.15, -0.1) is 0 Å². The van der Waals surface area contributed by atoms with Crippen LogP contribution in [0.1, 0.15) is 11.3 Å². The minimum atomic E-state index is -4.58. The van der Waals surface area contributed by atoms with Gasteiger partial charge < -0.3 is 5.32 Å². The molecule has 1 N–H and O–H groups in total. The van der Waals surface area contributed by atoms with Gasteiger partial charge in [0.1, 0.15) is 17.6 Å². The molecule has 20 heavy (non-hydrogen) atoms. The fourth-order valence-electron chi connectivity index (χ4n) is 1.40. The normalized spacial score (nSPS) is 10.9. The molecule has 8 heteroatoms. The van der Waals surface area contributed by atoms with Gasteiger partial charge in [-0.1, -0.05) is 0 Å². The molecule has 0 saturated carbocycles. The van der Waals surface area contributed by atoms with Crippen molar-refractivity contribution < 1.29 is 17.6 Å². The maximum absolute atomic E-state index is 13.5. The second-order valence-electron chi connectivity index (χ2n) is 3.69. The van der Waals surface area contributed by atoms with Crippen LogP contribution in [-0.4, -0.2) is 9.97 Å². The van der Waals surface area contributed by atoms with Crippen molar-refractivity contribution in [2.75, 3.05) is 5.32 Å². The molecule has 0 atom stereocenters. The van der Waals surface area contributed by atoms with Gasteiger partial charge in [-0.25, -0.2) is 14.4 Å². The van der Waals surface area contributed by atoms with E-state index in [0.717, 1.165) is 0 Å². The predicted molar refractivity (Wildman–Crippen MR) is 61.4 cm³/mol. The van der Waals surface area contributed by atoms with Crippen LogP contribution in [0.2, 0.25) is 0 Å². The Hall–Kier alpha value is -2.69. The number of hydrogen-bond donors (Lipinski definition) is 1. The van der Waals surface area contributed by atoms with Crippen LogP contribution < -0.4 is 5.32 Å². The van der Waals surface area contributed by atoms with E-state index < -0.39 is 23.2 Å². The molecule has 0 amide bonds. The maximum atomic E-state index is 13.5. The van der Waals surface area contributed by atoms with Gasteiger partial charge in [0, 0.05) is 6.20 Å². The number of nitrogens with one attached hydrogen (secondary N) is 1. The third-order valence-corrected chi connectivity index (χ3v) is 2.31. The standard InChI is InChI=1S/C12H6F4N4/c13-9-2-1-7(12(14,15)16)5-10(9)20-11-18-4-3-8(6-17)19-11/h1-5H,(H,18,19,20). The summed E-state index contributed by atoms with van der Waals surface area (Å²) in [5.41, 5.74) is -1.41. The quantitative estimate of drug-likeness (QED) is 0.859. The summed E-state index contributed by atoms with van der Waals surface area (Å²) in [6, 6.07) is 4.99. The average Bonchev–Trinajstić information content (AvgIpc) is 2.40. The van der Waals surface area contributed by atoms with E-state index in [2.05, 4.69) is 15.3 Å². The number of halogens is 4. The highest BCUT2D eigenvalue weighted by molar-refractivity contribution is 5.56. The lowest BCUT2D eigenvalue weighted by Gasteiger charge is -2.10. The Bertz CT molecular complexity index is 676. The SMILES string of the molecule is N#Cc1ccnc(Nc2cc(C(F)(F)F)ccc2F)n1. The Kier molecular flexibility index (Phi) is 3.52. The van der Waals surface area contributed by atoms with Crippen LogP contribution in [0.5, 0.6) is 0 Å². The van der Waals surface area contributed by atoms with Crippen LogP contribution in [0.15, 0.2) is 30.5 Å². The zero-order valence-electron chi connectivity index (χ0n) is 9.74. The van der Waals surface area contributed by atoms with Crippen molar-refractivity contribution in [3.05, 3.63) is 47.5 Å². The van der Waals surface area contributed by atoms with Crippen molar-refractivity contribution in [2.45, 2.75) is 6.18 Å². The molecule has 0 unspecified atom stereocenters. The lowest BCUT2D eigenvalue weighted by molar-refractivity contribution is -0.137. The molecule has 1 heterocycles. The molecule has 0 aliphatic heterocycles. The van der Waals surface area contributed by atoms with Crippen LogP contribution in [0.3, 0.4) is 0 Å². The van der Waals surface area contributed by atoms with Crippen molar-refractivity contribution in [1.29, 1.82) is 5.26 Å². The fraction of sp³-hybridized carbons (Fsp3) is 0.0833. The van der Waals surface area contributed by atoms with E-state index in [4.69, 9.17) is 5.26 Å². The van der Waals surface area contributed by atoms with Crippen molar-refractivity contribution >= 4 is 11.6 Å². The monoisotopic (exact) mass is 282 g/mol. The van der Waals surface area contributed by atoms with Gasteiger partial charge in [-0.2, -0.15) is 18.4 Å². The Labute approximate surface area is 110 Å². The number of nitrogens with zero attached hydrogens (tertiary/aromatic N) is 3. The summed E-state index contributed by atoms with van der Waals surface area (Å²) >= 11 is 0. The molecule has 1 aromatic heterocycles. The largest absolute Gasteiger partial charge is 0.416 e. The first-order chi connectivity index (χ1) is 9.40. The smallest absolute Gasteiger partial charge is 0.322 e. The summed E-state index contributed by atoms with van der Waals surface area (Å²) in [7, 11) is 0. The van der Waals surface area contributed by atoms with Crippen molar-refractivity contribution in [3.8, 4) is 6.07 Å². The first kappa shape index (κ1) is 13.7. The molecule has 2 rings (SSSR count). The van der Waals surface area contributed by atoms with E-state index in [1.165, 1.54) is 12.3 Å². The Morgan fingerprint density at radius 2 is 1.95 bits per heavy atom. The molecular weight excluding hydrogens is 276 g/mol. The number of alkyl halides is 3. The fourth-order valence-corrected chi connectivity index (χ4v) is 1.40. The zero-order chi connectivity index (χ0) is 14.8. The minimum absolute atomic E-state index is 0.00915. The zero-order valence-corrected chi connectivity index (χ0v) is 9.74. The average molecular weight is 282 g/mol. The van der Waals surface area contributed by atoms with Crippen LogP contribution >= 0.6 is 0 Å². The molecule has 102 valence electrons. The van der Waals surface area contributed by atoms with Crippen molar-refractivity contribution in [3.63, 3.8) is 0 Å². The highest BCUT2D eigenvalue weighted by atomic mass is 19.4. The molecule has 4 nitrogen and oxygen atoms in total. The number of benzene rings is 1. The molecule has 0 aliphatic rings. The molecule has 1 aromatic carbocycles. The van der Waals surface area contributed by atoms with E-state index in [0.29, 0.717) is 18.2 Å². The third kappa shape index (κ3) is 3.00. The molecule has 0 spiro atoms. The summed E-state index contributed by atoms with van der Waals surface area (Å²) in [4.78, 5) is 7.38. The van der Waals surface area contributed by atoms with E-state index in [-0.39, 0.29) is 11.6 Å². The summed E-state index contributed by atoms with van der Waals surface area (Å²) in [5, 5.41) is 11.0. The first-order valence-electron chi connectivity index (χ1n) is 5.27. The van der Waals surface area contributed by atoms with Gasteiger partial charge in [-0.3, -0.25) is 0 Å². The summed E-state index contributed by atoms with van der Waals surface area (Å²) in [6.07, 6.45) is -3.35. The van der Waals surface area contributed by atoms with E-state index >= 15 is 0 Å². The van der Waals surface area contributed by atoms with Crippen LogP contribution in [0.4, 0.5) is 29.2 Å². The Morgan fingerprint density at radius 3 is 2.60 bits per heavy atom. The second kappa shape index (κ2) is 5.13. The number of rotatable bonds is 2. The van der Waals surface area contributed by atoms with Gasteiger partial charge in [0.15, 0.2) is 0 Å². The summed E-state index contributed by atoms with van der Waals surface area (Å²) in [6.45, 7) is 0. The number of aromatic nitrogens is 2. The first-order valence-corrected chi connectivity index (χ1v) is 5.27. The predicted octanol–water partition coefficient (Wildman–Crippen LogP) is 3.25. The van der Waals surface area contributed by atoms with E-state index in [9.17, 15) is 17.6 Å². The topological polar surface area (TPSA) is 61.6 Å². The maximum Gasteiger partial charge on any atom is 0.416 e. The molecule has 0 fully saturated rings.